The maximum Gasteiger partial charge on any atom is 0.408 e. The summed E-state index contributed by atoms with van der Waals surface area (Å²) in [6.07, 6.45) is 1.02. The van der Waals surface area contributed by atoms with Crippen molar-refractivity contribution in [3.8, 4) is 0 Å². The first-order valence-corrected chi connectivity index (χ1v) is 13.8. The lowest BCUT2D eigenvalue weighted by molar-refractivity contribution is -0.140. The summed E-state index contributed by atoms with van der Waals surface area (Å²) in [5, 5.41) is 6.07. The van der Waals surface area contributed by atoms with Gasteiger partial charge in [-0.3, -0.25) is 9.59 Å². The van der Waals surface area contributed by atoms with Crippen LogP contribution in [0.25, 0.3) is 0 Å². The van der Waals surface area contributed by atoms with Gasteiger partial charge in [0.2, 0.25) is 5.91 Å². The van der Waals surface area contributed by atoms with Crippen molar-refractivity contribution < 1.29 is 19.1 Å². The Kier molecular flexibility index (Phi) is 10.7. The van der Waals surface area contributed by atoms with Crippen molar-refractivity contribution in [1.29, 1.82) is 0 Å². The molecular weight excluding hydrogens is 538 g/mol. The number of amides is 3. The number of anilines is 1. The number of rotatable bonds is 10. The van der Waals surface area contributed by atoms with Gasteiger partial charge in [0, 0.05) is 13.0 Å². The third-order valence-electron chi connectivity index (χ3n) is 6.27. The molecule has 3 amide bonds. The Morgan fingerprint density at radius 3 is 2.29 bits per heavy atom. The van der Waals surface area contributed by atoms with Crippen LogP contribution in [-0.2, 0) is 20.7 Å². The van der Waals surface area contributed by atoms with E-state index in [1.807, 2.05) is 68.4 Å². The molecule has 2 unspecified atom stereocenters. The lowest BCUT2D eigenvalue weighted by Gasteiger charge is -2.34. The molecule has 8 heteroatoms. The number of benzene rings is 3. The van der Waals surface area contributed by atoms with E-state index in [0.29, 0.717) is 16.3 Å². The van der Waals surface area contributed by atoms with Gasteiger partial charge < -0.3 is 20.3 Å². The van der Waals surface area contributed by atoms with Crippen LogP contribution in [0.2, 0.25) is 5.02 Å². The SMILES string of the molecule is C=CCN(C(=O)C(Cc1ccccc1)NC(=O)OC(C)(C)C)C(C(=O)Nc1c(C)cccc1Cl)c1cccc(C)c1. The number of alkyl carbamates (subject to hydrolysis) is 1. The van der Waals surface area contributed by atoms with Crippen molar-refractivity contribution in [2.24, 2.45) is 0 Å². The minimum absolute atomic E-state index is 0.0493. The number of carbonyl (C=O) groups is 3. The Labute approximate surface area is 247 Å². The van der Waals surface area contributed by atoms with Crippen molar-refractivity contribution in [3.63, 3.8) is 0 Å². The molecule has 0 spiro atoms. The fourth-order valence-corrected chi connectivity index (χ4v) is 4.73. The summed E-state index contributed by atoms with van der Waals surface area (Å²) >= 11 is 6.43. The quantitative estimate of drug-likeness (QED) is 0.261. The summed E-state index contributed by atoms with van der Waals surface area (Å²) in [6, 6.07) is 20.0. The molecular formula is C33H38ClN3O4. The van der Waals surface area contributed by atoms with E-state index in [-0.39, 0.29) is 13.0 Å². The predicted molar refractivity (Wildman–Crippen MR) is 164 cm³/mol. The molecule has 0 aromatic heterocycles. The Bertz CT molecular complexity index is 1360. The first-order valence-electron chi connectivity index (χ1n) is 13.5. The molecule has 41 heavy (non-hydrogen) atoms. The highest BCUT2D eigenvalue weighted by molar-refractivity contribution is 6.34. The van der Waals surface area contributed by atoms with Gasteiger partial charge >= 0.3 is 6.09 Å². The second-order valence-electron chi connectivity index (χ2n) is 10.9. The summed E-state index contributed by atoms with van der Waals surface area (Å²) in [5.41, 5.74) is 2.86. The minimum Gasteiger partial charge on any atom is -0.444 e. The third kappa shape index (κ3) is 8.95. The molecule has 3 aromatic rings. The average Bonchev–Trinajstić information content (AvgIpc) is 2.89. The minimum atomic E-state index is -1.05. The van der Waals surface area contributed by atoms with Gasteiger partial charge in [-0.15, -0.1) is 6.58 Å². The topological polar surface area (TPSA) is 87.7 Å². The van der Waals surface area contributed by atoms with Gasteiger partial charge in [-0.2, -0.15) is 0 Å². The zero-order valence-corrected chi connectivity index (χ0v) is 25.0. The second-order valence-corrected chi connectivity index (χ2v) is 11.3. The largest absolute Gasteiger partial charge is 0.444 e. The normalized spacial score (nSPS) is 12.5. The zero-order valence-electron chi connectivity index (χ0n) is 24.2. The Hall–Kier alpha value is -4.10. The summed E-state index contributed by atoms with van der Waals surface area (Å²) in [6.45, 7) is 12.9. The highest BCUT2D eigenvalue weighted by Gasteiger charge is 2.36. The lowest BCUT2D eigenvalue weighted by atomic mass is 9.99. The molecule has 0 fully saturated rings. The zero-order chi connectivity index (χ0) is 30.2. The van der Waals surface area contributed by atoms with E-state index in [9.17, 15) is 14.4 Å². The van der Waals surface area contributed by atoms with Crippen LogP contribution in [0.3, 0.4) is 0 Å². The van der Waals surface area contributed by atoms with Crippen LogP contribution in [0.4, 0.5) is 10.5 Å². The van der Waals surface area contributed by atoms with Crippen molar-refractivity contribution in [2.75, 3.05) is 11.9 Å². The average molecular weight is 576 g/mol. The first kappa shape index (κ1) is 31.4. The number of hydrogen-bond acceptors (Lipinski definition) is 4. The molecule has 0 heterocycles. The van der Waals surface area contributed by atoms with Gasteiger partial charge in [-0.1, -0.05) is 90.0 Å². The Morgan fingerprint density at radius 1 is 1.00 bits per heavy atom. The molecule has 3 rings (SSSR count). The summed E-state index contributed by atoms with van der Waals surface area (Å²) < 4.78 is 5.47. The summed E-state index contributed by atoms with van der Waals surface area (Å²) in [4.78, 5) is 42.6. The number of nitrogens with zero attached hydrogens (tertiary/aromatic N) is 1. The van der Waals surface area contributed by atoms with Crippen LogP contribution in [0, 0.1) is 13.8 Å². The third-order valence-corrected chi connectivity index (χ3v) is 6.58. The molecule has 0 radical (unpaired) electrons. The maximum atomic E-state index is 14.3. The van der Waals surface area contributed by atoms with Gasteiger partial charge in [0.1, 0.15) is 17.7 Å². The molecule has 2 N–H and O–H groups in total. The van der Waals surface area contributed by atoms with Crippen LogP contribution in [0.5, 0.6) is 0 Å². The van der Waals surface area contributed by atoms with E-state index < -0.39 is 35.6 Å². The lowest BCUT2D eigenvalue weighted by Crippen LogP contribution is -2.53. The Balaban J connectivity index is 2.06. The maximum absolute atomic E-state index is 14.3. The number of ether oxygens (including phenoxy) is 1. The van der Waals surface area contributed by atoms with Crippen molar-refractivity contribution in [2.45, 2.75) is 58.7 Å². The van der Waals surface area contributed by atoms with E-state index in [1.54, 1.807) is 45.0 Å². The molecule has 3 aromatic carbocycles. The van der Waals surface area contributed by atoms with Gasteiger partial charge in [0.05, 0.1) is 10.7 Å². The number of hydrogen-bond donors (Lipinski definition) is 2. The molecule has 2 atom stereocenters. The van der Waals surface area contributed by atoms with Gasteiger partial charge in [-0.25, -0.2) is 4.79 Å². The second kappa shape index (κ2) is 14.0. The fraction of sp³-hybridized carbons (Fsp3) is 0.303. The number of carbonyl (C=O) groups excluding carboxylic acids is 3. The molecule has 7 nitrogen and oxygen atoms in total. The van der Waals surface area contributed by atoms with Crippen LogP contribution >= 0.6 is 11.6 Å². The standard InChI is InChI=1S/C33H38ClN3O4/c1-7-19-37(31(39)27(21-24-15-9-8-10-16-24)35-32(40)41-33(4,5)6)29(25-17-11-13-22(2)20-25)30(38)36-28-23(3)14-12-18-26(28)34/h7-18,20,27,29H,1,19,21H2,2-6H3,(H,35,40)(H,36,38). The molecule has 0 saturated heterocycles. The van der Waals surface area contributed by atoms with E-state index in [0.717, 1.165) is 16.7 Å². The smallest absolute Gasteiger partial charge is 0.408 e. The highest BCUT2D eigenvalue weighted by Crippen LogP contribution is 2.30. The predicted octanol–water partition coefficient (Wildman–Crippen LogP) is 6.79. The van der Waals surface area contributed by atoms with Crippen molar-refractivity contribution in [3.05, 3.63) is 113 Å². The summed E-state index contributed by atoms with van der Waals surface area (Å²) in [5.74, 6) is -0.908. The molecule has 0 aliphatic rings. The van der Waals surface area contributed by atoms with E-state index in [1.165, 1.54) is 4.90 Å². The van der Waals surface area contributed by atoms with Gasteiger partial charge in [0.25, 0.3) is 5.91 Å². The van der Waals surface area contributed by atoms with Crippen molar-refractivity contribution >= 4 is 35.2 Å². The Morgan fingerprint density at radius 2 is 1.68 bits per heavy atom. The van der Waals surface area contributed by atoms with Gasteiger partial charge in [-0.05, 0) is 57.4 Å². The number of aryl methyl sites for hydroxylation is 2. The highest BCUT2D eigenvalue weighted by atomic mass is 35.5. The van der Waals surface area contributed by atoms with Crippen LogP contribution in [0.1, 0.15) is 49.1 Å². The molecule has 0 saturated carbocycles. The molecule has 216 valence electrons. The summed E-state index contributed by atoms with van der Waals surface area (Å²) in [7, 11) is 0. The number of halogens is 1. The van der Waals surface area contributed by atoms with E-state index in [2.05, 4.69) is 17.2 Å². The monoisotopic (exact) mass is 575 g/mol. The van der Waals surface area contributed by atoms with Crippen molar-refractivity contribution in [1.82, 2.24) is 10.2 Å². The fourth-order valence-electron chi connectivity index (χ4n) is 4.46. The molecule has 0 aliphatic carbocycles. The van der Waals surface area contributed by atoms with Crippen LogP contribution < -0.4 is 10.6 Å². The van der Waals surface area contributed by atoms with Gasteiger partial charge in [0.15, 0.2) is 0 Å². The van der Waals surface area contributed by atoms with E-state index in [4.69, 9.17) is 16.3 Å². The van der Waals surface area contributed by atoms with Crippen LogP contribution in [-0.4, -0.2) is 41.0 Å². The molecule has 0 bridgehead atoms. The molecule has 0 aliphatic heterocycles. The number of nitrogens with one attached hydrogen (secondary N) is 2. The van der Waals surface area contributed by atoms with E-state index >= 15 is 0 Å². The number of para-hydroxylation sites is 1. The first-order chi connectivity index (χ1) is 19.4. The van der Waals surface area contributed by atoms with Crippen LogP contribution in [0.15, 0.2) is 85.5 Å².